The van der Waals surface area contributed by atoms with E-state index < -0.39 is 5.97 Å². The molecule has 1 amide bonds. The third-order valence-corrected chi connectivity index (χ3v) is 5.19. The highest BCUT2D eigenvalue weighted by molar-refractivity contribution is 8.04. The summed E-state index contributed by atoms with van der Waals surface area (Å²) in [5.41, 5.74) is 0.759. The average Bonchev–Trinajstić information content (AvgIpc) is 3.24. The van der Waals surface area contributed by atoms with Gasteiger partial charge in [-0.05, 0) is 26.0 Å². The van der Waals surface area contributed by atoms with E-state index in [1.165, 1.54) is 29.2 Å². The molecule has 0 aliphatic carbocycles. The van der Waals surface area contributed by atoms with Crippen molar-refractivity contribution in [1.29, 1.82) is 0 Å². The standard InChI is InChI=1S/C16H16N2O4S2/c1-3-21-15(20)6-14-18(13(19)9-23-14)7-11-8-24-16(17-11)12-5-4-10(2)22-12/h4-6,8H,3,7,9H2,1-2H3/b14-6-. The molecule has 0 aromatic carbocycles. The molecule has 0 saturated carbocycles. The molecule has 1 aliphatic heterocycles. The van der Waals surface area contributed by atoms with Gasteiger partial charge in [0.1, 0.15) is 5.76 Å². The van der Waals surface area contributed by atoms with Crippen LogP contribution in [0.1, 0.15) is 18.4 Å². The number of carbonyl (C=O) groups is 2. The summed E-state index contributed by atoms with van der Waals surface area (Å²) < 4.78 is 10.5. The Kier molecular flexibility index (Phi) is 5.06. The maximum absolute atomic E-state index is 12.1. The molecule has 24 heavy (non-hydrogen) atoms. The Balaban J connectivity index is 1.75. The second-order valence-corrected chi connectivity index (χ2v) is 6.91. The number of furan rings is 1. The predicted octanol–water partition coefficient (Wildman–Crippen LogP) is 3.19. The largest absolute Gasteiger partial charge is 0.463 e. The Hall–Kier alpha value is -2.06. The van der Waals surface area contributed by atoms with Gasteiger partial charge in [-0.15, -0.1) is 11.3 Å². The number of esters is 1. The van der Waals surface area contributed by atoms with Crippen LogP contribution in [-0.2, 0) is 20.9 Å². The van der Waals surface area contributed by atoms with E-state index in [2.05, 4.69) is 4.98 Å². The summed E-state index contributed by atoms with van der Waals surface area (Å²) in [6.07, 6.45) is 1.36. The molecule has 2 aromatic rings. The van der Waals surface area contributed by atoms with Crippen molar-refractivity contribution < 1.29 is 18.7 Å². The number of thiazole rings is 1. The van der Waals surface area contributed by atoms with Gasteiger partial charge >= 0.3 is 5.97 Å². The Morgan fingerprint density at radius 1 is 1.50 bits per heavy atom. The van der Waals surface area contributed by atoms with Crippen molar-refractivity contribution in [1.82, 2.24) is 9.88 Å². The second-order valence-electron chi connectivity index (χ2n) is 5.06. The van der Waals surface area contributed by atoms with Crippen LogP contribution in [0.2, 0.25) is 0 Å². The Bertz CT molecular complexity index is 794. The third kappa shape index (κ3) is 3.70. The van der Waals surface area contributed by atoms with Gasteiger partial charge < -0.3 is 9.15 Å². The van der Waals surface area contributed by atoms with E-state index in [0.717, 1.165) is 16.5 Å². The van der Waals surface area contributed by atoms with E-state index in [1.54, 1.807) is 11.8 Å². The normalized spacial score (nSPS) is 16.2. The fourth-order valence-electron chi connectivity index (χ4n) is 2.19. The first-order valence-electron chi connectivity index (χ1n) is 7.39. The van der Waals surface area contributed by atoms with Crippen LogP contribution in [0.15, 0.2) is 33.0 Å². The summed E-state index contributed by atoms with van der Waals surface area (Å²) in [5.74, 6) is 1.38. The van der Waals surface area contributed by atoms with Crippen LogP contribution in [0, 0.1) is 6.92 Å². The van der Waals surface area contributed by atoms with E-state index >= 15 is 0 Å². The lowest BCUT2D eigenvalue weighted by molar-refractivity contribution is -0.137. The molecule has 0 spiro atoms. The highest BCUT2D eigenvalue weighted by atomic mass is 32.2. The minimum Gasteiger partial charge on any atom is -0.463 e. The van der Waals surface area contributed by atoms with E-state index in [0.29, 0.717) is 29.7 Å². The van der Waals surface area contributed by atoms with Crippen LogP contribution >= 0.6 is 23.1 Å². The number of hydrogen-bond acceptors (Lipinski definition) is 7. The smallest absolute Gasteiger partial charge is 0.333 e. The molecule has 8 heteroatoms. The maximum Gasteiger partial charge on any atom is 0.333 e. The zero-order chi connectivity index (χ0) is 17.1. The fourth-order valence-corrected chi connectivity index (χ4v) is 3.89. The van der Waals surface area contributed by atoms with E-state index in [1.807, 2.05) is 24.4 Å². The van der Waals surface area contributed by atoms with Gasteiger partial charge in [-0.3, -0.25) is 9.69 Å². The summed E-state index contributed by atoms with van der Waals surface area (Å²) in [4.78, 5) is 29.8. The number of hydrogen-bond donors (Lipinski definition) is 0. The van der Waals surface area contributed by atoms with E-state index in [4.69, 9.17) is 9.15 Å². The van der Waals surface area contributed by atoms with Crippen LogP contribution in [0.3, 0.4) is 0 Å². The summed E-state index contributed by atoms with van der Waals surface area (Å²) in [6.45, 7) is 4.26. The molecule has 126 valence electrons. The third-order valence-electron chi connectivity index (χ3n) is 3.26. The lowest BCUT2D eigenvalue weighted by atomic mass is 10.4. The van der Waals surface area contributed by atoms with Gasteiger partial charge in [0.25, 0.3) is 0 Å². The zero-order valence-corrected chi connectivity index (χ0v) is 14.9. The van der Waals surface area contributed by atoms with Gasteiger partial charge in [-0.1, -0.05) is 11.8 Å². The van der Waals surface area contributed by atoms with Crippen LogP contribution in [0.5, 0.6) is 0 Å². The number of amides is 1. The number of rotatable bonds is 5. The first-order chi connectivity index (χ1) is 11.6. The lowest BCUT2D eigenvalue weighted by Gasteiger charge is -2.15. The second kappa shape index (κ2) is 7.23. The topological polar surface area (TPSA) is 72.6 Å². The molecule has 3 rings (SSSR count). The van der Waals surface area contributed by atoms with Gasteiger partial charge in [0.05, 0.1) is 35.7 Å². The van der Waals surface area contributed by atoms with Gasteiger partial charge in [0, 0.05) is 5.38 Å². The SMILES string of the molecule is CCOC(=O)/C=C1\SCC(=O)N1Cc1csc(-c2ccc(C)o2)n1. The van der Waals surface area contributed by atoms with E-state index in [9.17, 15) is 9.59 Å². The lowest BCUT2D eigenvalue weighted by Crippen LogP contribution is -2.24. The molecule has 6 nitrogen and oxygen atoms in total. The number of aryl methyl sites for hydroxylation is 1. The quantitative estimate of drug-likeness (QED) is 0.599. The molecule has 0 unspecified atom stereocenters. The Labute approximate surface area is 147 Å². The molecule has 3 heterocycles. The number of ether oxygens (including phenoxy) is 1. The summed E-state index contributed by atoms with van der Waals surface area (Å²) in [6, 6.07) is 3.76. The predicted molar refractivity (Wildman–Crippen MR) is 92.3 cm³/mol. The van der Waals surface area contributed by atoms with Crippen LogP contribution < -0.4 is 0 Å². The van der Waals surface area contributed by atoms with Crippen LogP contribution in [0.4, 0.5) is 0 Å². The Morgan fingerprint density at radius 2 is 2.33 bits per heavy atom. The number of nitrogens with zero attached hydrogens (tertiary/aromatic N) is 2. The van der Waals surface area contributed by atoms with Crippen molar-refractivity contribution in [2.75, 3.05) is 12.4 Å². The molecule has 0 N–H and O–H groups in total. The molecule has 1 fully saturated rings. The summed E-state index contributed by atoms with van der Waals surface area (Å²) >= 11 is 2.80. The van der Waals surface area contributed by atoms with Gasteiger partial charge in [-0.2, -0.15) is 0 Å². The number of thioether (sulfide) groups is 1. The fraction of sp³-hybridized carbons (Fsp3) is 0.312. The van der Waals surface area contributed by atoms with Gasteiger partial charge in [0.2, 0.25) is 5.91 Å². The first kappa shape index (κ1) is 16.8. The van der Waals surface area contributed by atoms with Gasteiger partial charge in [0.15, 0.2) is 10.8 Å². The average molecular weight is 364 g/mol. The summed E-state index contributed by atoms with van der Waals surface area (Å²) in [7, 11) is 0. The molecule has 1 aliphatic rings. The van der Waals surface area contributed by atoms with E-state index in [-0.39, 0.29) is 5.91 Å². The molecule has 1 saturated heterocycles. The van der Waals surface area contributed by atoms with Crippen molar-refractivity contribution in [2.45, 2.75) is 20.4 Å². The molecule has 0 bridgehead atoms. The first-order valence-corrected chi connectivity index (χ1v) is 9.26. The van der Waals surface area contributed by atoms with Crippen LogP contribution in [-0.4, -0.2) is 34.1 Å². The monoisotopic (exact) mass is 364 g/mol. The minimum absolute atomic E-state index is 0.0426. The van der Waals surface area contributed by atoms with Crippen molar-refractivity contribution in [3.05, 3.63) is 40.1 Å². The molecular weight excluding hydrogens is 348 g/mol. The zero-order valence-electron chi connectivity index (χ0n) is 13.3. The highest BCUT2D eigenvalue weighted by Crippen LogP contribution is 2.32. The molecule has 2 aromatic heterocycles. The maximum atomic E-state index is 12.1. The van der Waals surface area contributed by atoms with Crippen molar-refractivity contribution in [3.8, 4) is 10.8 Å². The Morgan fingerprint density at radius 3 is 3.04 bits per heavy atom. The molecule has 0 atom stereocenters. The number of aromatic nitrogens is 1. The number of carbonyl (C=O) groups excluding carboxylic acids is 2. The minimum atomic E-state index is -0.440. The van der Waals surface area contributed by atoms with Crippen LogP contribution in [0.25, 0.3) is 10.8 Å². The van der Waals surface area contributed by atoms with Gasteiger partial charge in [-0.25, -0.2) is 9.78 Å². The highest BCUT2D eigenvalue weighted by Gasteiger charge is 2.28. The van der Waals surface area contributed by atoms with Crippen molar-refractivity contribution in [2.24, 2.45) is 0 Å². The molecular formula is C16H16N2O4S2. The van der Waals surface area contributed by atoms with Crippen molar-refractivity contribution in [3.63, 3.8) is 0 Å². The van der Waals surface area contributed by atoms with Crippen molar-refractivity contribution >= 4 is 35.0 Å². The molecule has 0 radical (unpaired) electrons. The summed E-state index contributed by atoms with van der Waals surface area (Å²) in [5, 5.41) is 3.26.